The molecule has 2 heterocycles. The number of aromatic nitrogens is 2. The van der Waals surface area contributed by atoms with Crippen LogP contribution in [0.25, 0.3) is 10.2 Å². The van der Waals surface area contributed by atoms with Crippen LogP contribution in [0.2, 0.25) is 0 Å². The minimum atomic E-state index is -0.158. The summed E-state index contributed by atoms with van der Waals surface area (Å²) in [5.74, 6) is -0.158. The van der Waals surface area contributed by atoms with E-state index in [0.29, 0.717) is 15.4 Å². The molecule has 2 aromatic heterocycles. The molecule has 2 aromatic rings. The van der Waals surface area contributed by atoms with Gasteiger partial charge < -0.3 is 16.0 Å². The zero-order valence-corrected chi connectivity index (χ0v) is 12.0. The Morgan fingerprint density at radius 2 is 2.32 bits per heavy atom. The Bertz CT molecular complexity index is 595. The van der Waals surface area contributed by atoms with Crippen molar-refractivity contribution in [2.45, 2.75) is 13.0 Å². The molecule has 0 aromatic carbocycles. The standard InChI is InChI=1S/C12H17N5OS/c1-7(6-17(2)3)15-11(18)10-9(13)8-4-5-14-16-12(8)19-10/h4-5,7H,6,13H2,1-3H3,(H,15,18). The van der Waals surface area contributed by atoms with Crippen molar-refractivity contribution in [1.82, 2.24) is 20.4 Å². The molecule has 0 saturated heterocycles. The zero-order valence-electron chi connectivity index (χ0n) is 11.2. The van der Waals surface area contributed by atoms with E-state index in [9.17, 15) is 4.79 Å². The second-order valence-corrected chi connectivity index (χ2v) is 5.73. The van der Waals surface area contributed by atoms with E-state index >= 15 is 0 Å². The Labute approximate surface area is 115 Å². The maximum atomic E-state index is 12.2. The second-order valence-electron chi connectivity index (χ2n) is 4.73. The van der Waals surface area contributed by atoms with E-state index in [1.807, 2.05) is 25.9 Å². The zero-order chi connectivity index (χ0) is 14.0. The van der Waals surface area contributed by atoms with Gasteiger partial charge in [-0.25, -0.2) is 0 Å². The van der Waals surface area contributed by atoms with Gasteiger partial charge in [0.15, 0.2) is 0 Å². The van der Waals surface area contributed by atoms with E-state index in [4.69, 9.17) is 5.73 Å². The van der Waals surface area contributed by atoms with E-state index in [1.165, 1.54) is 11.3 Å². The van der Waals surface area contributed by atoms with E-state index in [1.54, 1.807) is 12.3 Å². The molecule has 19 heavy (non-hydrogen) atoms. The number of nitrogen functional groups attached to an aromatic ring is 1. The van der Waals surface area contributed by atoms with Crippen LogP contribution in [0, 0.1) is 0 Å². The summed E-state index contributed by atoms with van der Waals surface area (Å²) in [4.78, 5) is 15.4. The number of amides is 1. The lowest BCUT2D eigenvalue weighted by Crippen LogP contribution is -2.39. The van der Waals surface area contributed by atoms with Crippen molar-refractivity contribution >= 4 is 33.1 Å². The fourth-order valence-corrected chi connectivity index (χ4v) is 2.87. The number of nitrogens with zero attached hydrogens (tertiary/aromatic N) is 3. The van der Waals surface area contributed by atoms with Gasteiger partial charge in [-0.3, -0.25) is 4.79 Å². The van der Waals surface area contributed by atoms with Crippen LogP contribution in [0.3, 0.4) is 0 Å². The van der Waals surface area contributed by atoms with Crippen molar-refractivity contribution in [2.24, 2.45) is 0 Å². The highest BCUT2D eigenvalue weighted by Gasteiger charge is 2.18. The van der Waals surface area contributed by atoms with Gasteiger partial charge >= 0.3 is 0 Å². The molecule has 1 amide bonds. The van der Waals surface area contributed by atoms with Crippen LogP contribution in [0.1, 0.15) is 16.6 Å². The van der Waals surface area contributed by atoms with Gasteiger partial charge in [-0.15, -0.1) is 16.4 Å². The fraction of sp³-hybridized carbons (Fsp3) is 0.417. The maximum Gasteiger partial charge on any atom is 0.263 e. The molecule has 1 atom stereocenters. The van der Waals surface area contributed by atoms with Gasteiger partial charge in [0.2, 0.25) is 0 Å². The van der Waals surface area contributed by atoms with Crippen LogP contribution in [0.4, 0.5) is 5.69 Å². The van der Waals surface area contributed by atoms with E-state index in [2.05, 4.69) is 15.5 Å². The van der Waals surface area contributed by atoms with Gasteiger partial charge in [0.1, 0.15) is 9.71 Å². The first kappa shape index (κ1) is 13.7. The molecule has 0 spiro atoms. The van der Waals surface area contributed by atoms with E-state index in [-0.39, 0.29) is 11.9 Å². The number of nitrogens with two attached hydrogens (primary N) is 1. The van der Waals surface area contributed by atoms with Gasteiger partial charge in [-0.05, 0) is 27.1 Å². The largest absolute Gasteiger partial charge is 0.397 e. The monoisotopic (exact) mass is 279 g/mol. The summed E-state index contributed by atoms with van der Waals surface area (Å²) in [6, 6.07) is 1.83. The Hall–Kier alpha value is -1.73. The first-order chi connectivity index (χ1) is 8.99. The fourth-order valence-electron chi connectivity index (χ4n) is 1.92. The highest BCUT2D eigenvalue weighted by molar-refractivity contribution is 7.21. The minimum absolute atomic E-state index is 0.0539. The Balaban J connectivity index is 2.20. The summed E-state index contributed by atoms with van der Waals surface area (Å²) in [6.07, 6.45) is 1.57. The quantitative estimate of drug-likeness (QED) is 0.870. The smallest absolute Gasteiger partial charge is 0.263 e. The lowest BCUT2D eigenvalue weighted by molar-refractivity contribution is 0.0939. The normalized spacial score (nSPS) is 12.8. The topological polar surface area (TPSA) is 84.1 Å². The summed E-state index contributed by atoms with van der Waals surface area (Å²) in [7, 11) is 3.93. The summed E-state index contributed by atoms with van der Waals surface area (Å²) < 4.78 is 0. The molecule has 0 radical (unpaired) electrons. The maximum absolute atomic E-state index is 12.2. The Morgan fingerprint density at radius 3 is 2.95 bits per heavy atom. The van der Waals surface area contributed by atoms with Gasteiger partial charge in [0.05, 0.1) is 11.9 Å². The number of carbonyl (C=O) groups is 1. The number of hydrogen-bond donors (Lipinski definition) is 2. The number of carbonyl (C=O) groups excluding carboxylic acids is 1. The predicted molar refractivity (Wildman–Crippen MR) is 77.3 cm³/mol. The summed E-state index contributed by atoms with van der Waals surface area (Å²) in [5, 5.41) is 11.5. The second kappa shape index (κ2) is 5.50. The molecule has 0 aliphatic heterocycles. The molecule has 7 heteroatoms. The molecule has 0 saturated carbocycles. The van der Waals surface area contributed by atoms with Gasteiger partial charge in [-0.2, -0.15) is 5.10 Å². The summed E-state index contributed by atoms with van der Waals surface area (Å²) in [6.45, 7) is 2.73. The number of fused-ring (bicyclic) bond motifs is 1. The van der Waals surface area contributed by atoms with Crippen LogP contribution >= 0.6 is 11.3 Å². The van der Waals surface area contributed by atoms with Crippen molar-refractivity contribution < 1.29 is 4.79 Å². The first-order valence-corrected chi connectivity index (χ1v) is 6.76. The molecular formula is C12H17N5OS. The third kappa shape index (κ3) is 2.99. The van der Waals surface area contributed by atoms with Crippen molar-refractivity contribution in [3.8, 4) is 0 Å². The molecule has 0 bridgehead atoms. The molecule has 0 aliphatic rings. The van der Waals surface area contributed by atoms with E-state index in [0.717, 1.165) is 11.9 Å². The lowest BCUT2D eigenvalue weighted by Gasteiger charge is -2.17. The number of nitrogens with one attached hydrogen (secondary N) is 1. The van der Waals surface area contributed by atoms with Gasteiger partial charge in [0.25, 0.3) is 5.91 Å². The highest BCUT2D eigenvalue weighted by atomic mass is 32.1. The molecule has 6 nitrogen and oxygen atoms in total. The average Bonchev–Trinajstić information content (AvgIpc) is 2.66. The van der Waals surface area contributed by atoms with E-state index < -0.39 is 0 Å². The molecule has 102 valence electrons. The molecular weight excluding hydrogens is 262 g/mol. The van der Waals surface area contributed by atoms with Crippen molar-refractivity contribution in [3.05, 3.63) is 17.1 Å². The third-order valence-corrected chi connectivity index (χ3v) is 3.75. The number of rotatable bonds is 4. The number of thiophene rings is 1. The first-order valence-electron chi connectivity index (χ1n) is 5.94. The number of likely N-dealkylation sites (N-methyl/N-ethyl adjacent to an activating group) is 1. The van der Waals surface area contributed by atoms with Gasteiger partial charge in [-0.1, -0.05) is 0 Å². The van der Waals surface area contributed by atoms with Crippen molar-refractivity contribution in [2.75, 3.05) is 26.4 Å². The van der Waals surface area contributed by atoms with Crippen LogP contribution in [-0.2, 0) is 0 Å². The number of anilines is 1. The third-order valence-electron chi connectivity index (χ3n) is 2.64. The summed E-state index contributed by atoms with van der Waals surface area (Å²) in [5.41, 5.74) is 6.46. The van der Waals surface area contributed by atoms with Crippen LogP contribution < -0.4 is 11.1 Å². The van der Waals surface area contributed by atoms with Crippen LogP contribution in [-0.4, -0.2) is 47.7 Å². The average molecular weight is 279 g/mol. The Morgan fingerprint density at radius 1 is 1.58 bits per heavy atom. The molecule has 0 aliphatic carbocycles. The summed E-state index contributed by atoms with van der Waals surface area (Å²) >= 11 is 1.27. The lowest BCUT2D eigenvalue weighted by atomic mass is 10.2. The predicted octanol–water partition coefficient (Wildman–Crippen LogP) is 0.953. The highest BCUT2D eigenvalue weighted by Crippen LogP contribution is 2.31. The van der Waals surface area contributed by atoms with Crippen molar-refractivity contribution in [3.63, 3.8) is 0 Å². The minimum Gasteiger partial charge on any atom is -0.397 e. The molecule has 1 unspecified atom stereocenters. The van der Waals surface area contributed by atoms with Crippen LogP contribution in [0.15, 0.2) is 12.3 Å². The SMILES string of the molecule is CC(CN(C)C)NC(=O)c1sc2nnccc2c1N. The van der Waals surface area contributed by atoms with Crippen molar-refractivity contribution in [1.29, 1.82) is 0 Å². The molecule has 2 rings (SSSR count). The van der Waals surface area contributed by atoms with Crippen LogP contribution in [0.5, 0.6) is 0 Å². The molecule has 0 fully saturated rings. The molecule has 3 N–H and O–H groups in total. The number of hydrogen-bond acceptors (Lipinski definition) is 6. The Kier molecular flexibility index (Phi) is 3.96. The van der Waals surface area contributed by atoms with Gasteiger partial charge in [0, 0.05) is 18.0 Å².